The summed E-state index contributed by atoms with van der Waals surface area (Å²) in [5.74, 6) is -55.5. The molecule has 0 fully saturated rings. The van der Waals surface area contributed by atoms with Crippen LogP contribution in [0.25, 0.3) is 0 Å². The van der Waals surface area contributed by atoms with Gasteiger partial charge in [0, 0.05) is 6.08 Å². The lowest BCUT2D eigenvalue weighted by molar-refractivity contribution is -0.473. The third-order valence-corrected chi connectivity index (χ3v) is 3.68. The van der Waals surface area contributed by atoms with Crippen molar-refractivity contribution < 1.29 is 93.7 Å². The summed E-state index contributed by atoms with van der Waals surface area (Å²) in [5.41, 5.74) is 0. The van der Waals surface area contributed by atoms with Gasteiger partial charge in [-0.2, -0.15) is 74.6 Å². The van der Waals surface area contributed by atoms with E-state index in [0.717, 1.165) is 0 Å². The van der Waals surface area contributed by atoms with Gasteiger partial charge in [-0.05, 0) is 0 Å². The van der Waals surface area contributed by atoms with Crippen LogP contribution in [0, 0.1) is 0 Å². The molecule has 4 nitrogen and oxygen atoms in total. The van der Waals surface area contributed by atoms with Crippen molar-refractivity contribution in [3.63, 3.8) is 0 Å². The second kappa shape index (κ2) is 9.60. The molecule has 0 atom stereocenters. The number of halogens is 17. The number of carbonyl (C=O) groups is 2. The van der Waals surface area contributed by atoms with Crippen LogP contribution < -0.4 is 0 Å². The fourth-order valence-electron chi connectivity index (χ4n) is 1.77. The van der Waals surface area contributed by atoms with E-state index < -0.39 is 72.3 Å². The molecule has 0 saturated carbocycles. The summed E-state index contributed by atoms with van der Waals surface area (Å²) in [6.45, 7) is 2.85. The first-order chi connectivity index (χ1) is 15.6. The predicted octanol–water partition coefficient (Wildman–Crippen LogP) is 6.13. The van der Waals surface area contributed by atoms with E-state index in [2.05, 4.69) is 16.1 Å². The van der Waals surface area contributed by atoms with Crippen LogP contribution in [-0.4, -0.2) is 59.8 Å². The summed E-state index contributed by atoms with van der Waals surface area (Å²) in [6.07, 6.45) is -16.1. The van der Waals surface area contributed by atoms with Gasteiger partial charge in [0.05, 0.1) is 12.7 Å². The van der Waals surface area contributed by atoms with Crippen molar-refractivity contribution in [3.8, 4) is 0 Å². The molecule has 0 bridgehead atoms. The van der Waals surface area contributed by atoms with E-state index in [1.54, 1.807) is 0 Å². The smallest absolute Gasteiger partial charge is 0.435 e. The van der Waals surface area contributed by atoms with E-state index in [-0.39, 0.29) is 6.08 Å². The number of ether oxygens (including phenoxy) is 2. The summed E-state index contributed by atoms with van der Waals surface area (Å²) in [5, 5.41) is 0. The molecule has 0 rings (SSSR count). The highest BCUT2D eigenvalue weighted by molar-refractivity contribution is 5.83. The van der Waals surface area contributed by atoms with Crippen molar-refractivity contribution in [2.45, 2.75) is 54.2 Å². The van der Waals surface area contributed by atoms with Gasteiger partial charge in [-0.15, -0.1) is 0 Å². The second-order valence-corrected chi connectivity index (χ2v) is 6.15. The number of rotatable bonds is 11. The molecule has 0 spiro atoms. The number of esters is 2. The molecule has 0 heterocycles. The maximum atomic E-state index is 13.5. The van der Waals surface area contributed by atoms with Crippen molar-refractivity contribution in [1.29, 1.82) is 0 Å². The third kappa shape index (κ3) is 5.18. The van der Waals surface area contributed by atoms with E-state index in [4.69, 9.17) is 0 Å². The Balaban J connectivity index is 6.33. The molecule has 0 aliphatic carbocycles. The molecule has 36 heavy (non-hydrogen) atoms. The predicted molar refractivity (Wildman–Crippen MR) is 76.8 cm³/mol. The van der Waals surface area contributed by atoms with Gasteiger partial charge in [0.25, 0.3) is 0 Å². The monoisotopic (exact) mass is 574 g/mol. The number of hydrogen-bond acceptors (Lipinski definition) is 4. The minimum absolute atomic E-state index is 0.142. The maximum Gasteiger partial charge on any atom is 0.473 e. The largest absolute Gasteiger partial charge is 0.473 e. The van der Waals surface area contributed by atoms with E-state index in [9.17, 15) is 84.2 Å². The van der Waals surface area contributed by atoms with Crippen molar-refractivity contribution in [1.82, 2.24) is 0 Å². The Morgan fingerprint density at radius 1 is 0.611 bits per heavy atom. The van der Waals surface area contributed by atoms with Gasteiger partial charge >= 0.3 is 59.8 Å². The Morgan fingerprint density at radius 3 is 1.33 bits per heavy atom. The molecule has 0 amide bonds. The van der Waals surface area contributed by atoms with Gasteiger partial charge in [-0.25, -0.2) is 4.79 Å². The molecular formula is C15H7F17O4. The van der Waals surface area contributed by atoms with Crippen LogP contribution in [0.1, 0.15) is 6.42 Å². The minimum atomic E-state index is -8.79. The van der Waals surface area contributed by atoms with E-state index in [1.165, 1.54) is 0 Å². The lowest BCUT2D eigenvalue weighted by Crippen LogP contribution is -2.74. The lowest BCUT2D eigenvalue weighted by atomic mass is 9.90. The number of hydrogen-bond donors (Lipinski definition) is 0. The van der Waals surface area contributed by atoms with E-state index in [1.807, 2.05) is 0 Å². The molecule has 0 saturated heterocycles. The molecule has 0 aromatic carbocycles. The second-order valence-electron chi connectivity index (χ2n) is 6.15. The SMILES string of the molecule is C=COC(=O)CC=CC(=O)OC(F)(F)C(F)(F)C(F)(F)C(F)(F)C(F)(F)C(F)(F)C(F)(F)C(F)(F)F. The first kappa shape index (κ1) is 33.2. The molecule has 210 valence electrons. The van der Waals surface area contributed by atoms with E-state index in [0.29, 0.717) is 6.26 Å². The summed E-state index contributed by atoms with van der Waals surface area (Å²) < 4.78 is 228. The first-order valence-corrected chi connectivity index (χ1v) is 8.01. The molecule has 0 aliphatic rings. The Labute approximate surface area is 186 Å². The molecule has 21 heteroatoms. The Bertz CT molecular complexity index is 872. The van der Waals surface area contributed by atoms with Crippen molar-refractivity contribution >= 4 is 11.9 Å². The molecule has 0 N–H and O–H groups in total. The Morgan fingerprint density at radius 2 is 0.972 bits per heavy atom. The number of alkyl halides is 17. The van der Waals surface area contributed by atoms with Crippen LogP contribution in [0.5, 0.6) is 0 Å². The lowest BCUT2D eigenvalue weighted by Gasteiger charge is -2.42. The van der Waals surface area contributed by atoms with Crippen LogP contribution in [0.2, 0.25) is 0 Å². The Kier molecular flexibility index (Phi) is 8.86. The summed E-state index contributed by atoms with van der Waals surface area (Å²) in [7, 11) is 0. The van der Waals surface area contributed by atoms with Crippen LogP contribution in [0.4, 0.5) is 74.6 Å². The molecule has 0 aromatic rings. The zero-order chi connectivity index (χ0) is 29.4. The standard InChI is InChI=1S/C15H7F17O4/c1-2-35-6(33)4-3-5-7(34)36-15(31,32)13(26,27)11(22,23)9(18,19)8(16,17)10(20,21)12(24,25)14(28,29)30/h2-3,5H,1,4H2. The van der Waals surface area contributed by atoms with Gasteiger partial charge in [0.2, 0.25) is 0 Å². The van der Waals surface area contributed by atoms with Gasteiger partial charge in [-0.1, -0.05) is 12.7 Å². The number of carbonyl (C=O) groups excluding carboxylic acids is 2. The fraction of sp³-hybridized carbons (Fsp3) is 0.600. The molecule has 0 radical (unpaired) electrons. The van der Waals surface area contributed by atoms with Crippen LogP contribution in [-0.2, 0) is 19.1 Å². The third-order valence-electron chi connectivity index (χ3n) is 3.68. The summed E-state index contributed by atoms with van der Waals surface area (Å²) >= 11 is 0. The highest BCUT2D eigenvalue weighted by Crippen LogP contribution is 2.64. The van der Waals surface area contributed by atoms with Gasteiger partial charge in [0.15, 0.2) is 0 Å². The zero-order valence-corrected chi connectivity index (χ0v) is 16.2. The highest BCUT2D eigenvalue weighted by Gasteiger charge is 2.95. The normalized spacial score (nSPS) is 15.1. The van der Waals surface area contributed by atoms with Crippen LogP contribution in [0.3, 0.4) is 0 Å². The van der Waals surface area contributed by atoms with Gasteiger partial charge < -0.3 is 9.47 Å². The Hall–Kier alpha value is -2.77. The molecule has 0 unspecified atom stereocenters. The fourth-order valence-corrected chi connectivity index (χ4v) is 1.77. The maximum absolute atomic E-state index is 13.5. The van der Waals surface area contributed by atoms with Crippen LogP contribution >= 0.6 is 0 Å². The van der Waals surface area contributed by atoms with Gasteiger partial charge in [-0.3, -0.25) is 4.79 Å². The van der Waals surface area contributed by atoms with Crippen molar-refractivity contribution in [2.75, 3.05) is 0 Å². The quantitative estimate of drug-likeness (QED) is 0.129. The van der Waals surface area contributed by atoms with Gasteiger partial charge in [0.1, 0.15) is 0 Å². The average Bonchev–Trinajstić information content (AvgIpc) is 2.65. The van der Waals surface area contributed by atoms with E-state index >= 15 is 0 Å². The molecular weight excluding hydrogens is 567 g/mol. The van der Waals surface area contributed by atoms with Crippen molar-refractivity contribution in [2.24, 2.45) is 0 Å². The summed E-state index contributed by atoms with van der Waals surface area (Å²) in [6, 6.07) is 0. The summed E-state index contributed by atoms with van der Waals surface area (Å²) in [4.78, 5) is 21.8. The topological polar surface area (TPSA) is 52.6 Å². The van der Waals surface area contributed by atoms with Crippen molar-refractivity contribution in [3.05, 3.63) is 25.0 Å². The average molecular weight is 574 g/mol. The minimum Gasteiger partial charge on any atom is -0.435 e. The molecule has 0 aromatic heterocycles. The molecule has 0 aliphatic heterocycles. The highest BCUT2D eigenvalue weighted by atomic mass is 19.4. The zero-order valence-electron chi connectivity index (χ0n) is 16.2. The van der Waals surface area contributed by atoms with Crippen LogP contribution in [0.15, 0.2) is 25.0 Å². The first-order valence-electron chi connectivity index (χ1n) is 8.01.